The third-order valence-electron chi connectivity index (χ3n) is 5.82. The van der Waals surface area contributed by atoms with E-state index in [1.807, 2.05) is 45.0 Å². The van der Waals surface area contributed by atoms with E-state index < -0.39 is 11.5 Å². The van der Waals surface area contributed by atoms with Gasteiger partial charge in [-0.25, -0.2) is 0 Å². The topological polar surface area (TPSA) is 106 Å². The summed E-state index contributed by atoms with van der Waals surface area (Å²) in [6, 6.07) is 17.8. The summed E-state index contributed by atoms with van der Waals surface area (Å²) in [6.45, 7) is 5.69. The molecule has 0 saturated carbocycles. The van der Waals surface area contributed by atoms with Crippen LogP contribution in [0.5, 0.6) is 17.4 Å². The van der Waals surface area contributed by atoms with Gasteiger partial charge in [0.1, 0.15) is 34.4 Å². The maximum atomic E-state index is 13.5. The van der Waals surface area contributed by atoms with E-state index in [-0.39, 0.29) is 17.0 Å². The minimum atomic E-state index is -0.701. The lowest BCUT2D eigenvalue weighted by Crippen LogP contribution is -2.21. The molecule has 2 heterocycles. The molecule has 0 unspecified atom stereocenters. The van der Waals surface area contributed by atoms with Crippen LogP contribution >= 0.6 is 0 Å². The van der Waals surface area contributed by atoms with Crippen LogP contribution in [0.15, 0.2) is 71.2 Å². The fourth-order valence-electron chi connectivity index (χ4n) is 3.66. The summed E-state index contributed by atoms with van der Waals surface area (Å²) in [7, 11) is 1.48. The number of carbonyl (C=O) groups excluding carboxylic acids is 1. The molecule has 4 rings (SSSR count). The molecule has 1 amide bonds. The highest BCUT2D eigenvalue weighted by molar-refractivity contribution is 6.10. The minimum Gasteiger partial charge on any atom is -0.495 e. The number of carbonyl (C=O) groups is 1. The van der Waals surface area contributed by atoms with Gasteiger partial charge in [0.05, 0.1) is 12.8 Å². The van der Waals surface area contributed by atoms with Crippen LogP contribution in [0.2, 0.25) is 0 Å². The van der Waals surface area contributed by atoms with Crippen molar-refractivity contribution < 1.29 is 14.3 Å². The summed E-state index contributed by atoms with van der Waals surface area (Å²) in [5.74, 6) is 0.255. The van der Waals surface area contributed by atoms with Crippen LogP contribution in [0.4, 0.5) is 5.69 Å². The highest BCUT2D eigenvalue weighted by Gasteiger charge is 2.19. The molecule has 0 spiro atoms. The van der Waals surface area contributed by atoms with Crippen molar-refractivity contribution in [3.8, 4) is 23.4 Å². The molecule has 0 bridgehead atoms. The Morgan fingerprint density at radius 3 is 2.50 bits per heavy atom. The van der Waals surface area contributed by atoms with Gasteiger partial charge in [-0.05, 0) is 67.8 Å². The van der Waals surface area contributed by atoms with Gasteiger partial charge in [-0.1, -0.05) is 30.3 Å². The number of para-hydroxylation sites is 2. The monoisotopic (exact) mass is 480 g/mol. The number of rotatable bonds is 6. The Morgan fingerprint density at radius 2 is 1.75 bits per heavy atom. The second-order valence-electron chi connectivity index (χ2n) is 8.14. The van der Waals surface area contributed by atoms with Gasteiger partial charge in [-0.2, -0.15) is 10.2 Å². The molecule has 1 N–H and O–H groups in total. The van der Waals surface area contributed by atoms with Crippen LogP contribution in [-0.4, -0.2) is 22.4 Å². The number of nitrogens with zero attached hydrogens (tertiary/aromatic N) is 3. The number of hydrogen-bond donors (Lipinski definition) is 1. The smallest absolute Gasteiger partial charge is 0.269 e. The number of methoxy groups -OCH3 is 1. The van der Waals surface area contributed by atoms with Gasteiger partial charge in [-0.15, -0.1) is 0 Å². The number of pyridine rings is 1. The average Bonchev–Trinajstić information content (AvgIpc) is 2.87. The van der Waals surface area contributed by atoms with E-state index >= 15 is 0 Å². The lowest BCUT2D eigenvalue weighted by molar-refractivity contribution is -0.112. The number of fused-ring (bicyclic) bond motifs is 1. The summed E-state index contributed by atoms with van der Waals surface area (Å²) in [4.78, 5) is 31.1. The van der Waals surface area contributed by atoms with Gasteiger partial charge in [-0.3, -0.25) is 14.0 Å². The molecular formula is C28H24N4O4. The van der Waals surface area contributed by atoms with E-state index in [2.05, 4.69) is 10.3 Å². The first kappa shape index (κ1) is 24.2. The number of nitriles is 1. The van der Waals surface area contributed by atoms with Crippen molar-refractivity contribution in [3.05, 3.63) is 99.0 Å². The van der Waals surface area contributed by atoms with Gasteiger partial charge >= 0.3 is 0 Å². The molecule has 0 saturated heterocycles. The van der Waals surface area contributed by atoms with Gasteiger partial charge in [0.25, 0.3) is 11.5 Å². The van der Waals surface area contributed by atoms with Crippen molar-refractivity contribution >= 4 is 23.3 Å². The summed E-state index contributed by atoms with van der Waals surface area (Å²) < 4.78 is 12.7. The van der Waals surface area contributed by atoms with Crippen LogP contribution in [-0.2, 0) is 4.79 Å². The fraction of sp³-hybridized carbons (Fsp3) is 0.143. The largest absolute Gasteiger partial charge is 0.495 e. The van der Waals surface area contributed by atoms with E-state index in [1.54, 1.807) is 42.6 Å². The number of aryl methyl sites for hydroxylation is 2. The normalized spacial score (nSPS) is 11.1. The molecule has 180 valence electrons. The third kappa shape index (κ3) is 4.68. The zero-order valence-corrected chi connectivity index (χ0v) is 20.3. The molecule has 2 aromatic heterocycles. The predicted octanol–water partition coefficient (Wildman–Crippen LogP) is 4.97. The van der Waals surface area contributed by atoms with Gasteiger partial charge < -0.3 is 14.8 Å². The van der Waals surface area contributed by atoms with E-state index in [1.165, 1.54) is 17.6 Å². The van der Waals surface area contributed by atoms with E-state index in [4.69, 9.17) is 9.47 Å². The lowest BCUT2D eigenvalue weighted by atomic mass is 10.1. The van der Waals surface area contributed by atoms with E-state index in [9.17, 15) is 14.9 Å². The first-order chi connectivity index (χ1) is 17.3. The van der Waals surface area contributed by atoms with Crippen LogP contribution < -0.4 is 20.3 Å². The Hall–Kier alpha value is -4.90. The molecule has 8 nitrogen and oxygen atoms in total. The Kier molecular flexibility index (Phi) is 6.84. The number of hydrogen-bond acceptors (Lipinski definition) is 6. The molecule has 0 aliphatic carbocycles. The number of aromatic nitrogens is 2. The molecule has 0 aliphatic rings. The molecule has 0 radical (unpaired) electrons. The van der Waals surface area contributed by atoms with Gasteiger partial charge in [0.2, 0.25) is 5.88 Å². The summed E-state index contributed by atoms with van der Waals surface area (Å²) >= 11 is 0. The van der Waals surface area contributed by atoms with Crippen molar-refractivity contribution in [1.82, 2.24) is 9.38 Å². The number of nitrogens with one attached hydrogen (secondary N) is 1. The Labute approximate surface area is 208 Å². The van der Waals surface area contributed by atoms with E-state index in [0.717, 1.165) is 16.7 Å². The van der Waals surface area contributed by atoms with Gasteiger partial charge in [0.15, 0.2) is 0 Å². The van der Waals surface area contributed by atoms with E-state index in [0.29, 0.717) is 22.8 Å². The molecule has 36 heavy (non-hydrogen) atoms. The van der Waals surface area contributed by atoms with Crippen LogP contribution in [0, 0.1) is 32.1 Å². The maximum Gasteiger partial charge on any atom is 0.269 e. The maximum absolute atomic E-state index is 13.5. The quantitative estimate of drug-likeness (QED) is 0.309. The zero-order valence-electron chi connectivity index (χ0n) is 20.3. The number of benzene rings is 2. The SMILES string of the molecule is COc1ccccc1NC(=O)/C(C#N)=C\c1c(Oc2cccc(C)c2C)nc2c(C)cccn2c1=O. The minimum absolute atomic E-state index is 0.000779. The molecule has 4 aromatic rings. The Balaban J connectivity index is 1.86. The number of ether oxygens (including phenoxy) is 2. The van der Waals surface area contributed by atoms with Crippen molar-refractivity contribution in [3.63, 3.8) is 0 Å². The molecule has 0 fully saturated rings. The average molecular weight is 481 g/mol. The number of anilines is 1. The predicted molar refractivity (Wildman–Crippen MR) is 137 cm³/mol. The molecular weight excluding hydrogens is 456 g/mol. The van der Waals surface area contributed by atoms with Crippen LogP contribution in [0.1, 0.15) is 22.3 Å². The molecule has 2 aromatic carbocycles. The molecule has 8 heteroatoms. The van der Waals surface area contributed by atoms with Crippen molar-refractivity contribution in [1.29, 1.82) is 5.26 Å². The van der Waals surface area contributed by atoms with Crippen LogP contribution in [0.3, 0.4) is 0 Å². The van der Waals surface area contributed by atoms with Crippen molar-refractivity contribution in [2.75, 3.05) is 12.4 Å². The number of amides is 1. The summed E-state index contributed by atoms with van der Waals surface area (Å²) in [6.07, 6.45) is 2.78. The second kappa shape index (κ2) is 10.2. The second-order valence-corrected chi connectivity index (χ2v) is 8.14. The summed E-state index contributed by atoms with van der Waals surface area (Å²) in [5, 5.41) is 12.5. The Bertz CT molecular complexity index is 1610. The highest BCUT2D eigenvalue weighted by Crippen LogP contribution is 2.29. The zero-order chi connectivity index (χ0) is 25.8. The lowest BCUT2D eigenvalue weighted by Gasteiger charge is -2.14. The summed E-state index contributed by atoms with van der Waals surface area (Å²) in [5.41, 5.74) is 2.68. The van der Waals surface area contributed by atoms with Gasteiger partial charge in [0, 0.05) is 6.20 Å². The molecule has 0 aliphatic heterocycles. The van der Waals surface area contributed by atoms with Crippen LogP contribution in [0.25, 0.3) is 11.7 Å². The van der Waals surface area contributed by atoms with Crippen molar-refractivity contribution in [2.24, 2.45) is 0 Å². The standard InChI is InChI=1S/C28H24N4O4/c1-17-9-7-13-23(19(17)3)36-27-21(28(34)32-14-8-10-18(2)25(32)31-27)15-20(16-29)26(33)30-22-11-5-6-12-24(22)35-4/h5-15H,1-4H3,(H,30,33)/b20-15-. The Morgan fingerprint density at radius 1 is 1.03 bits per heavy atom. The first-order valence-corrected chi connectivity index (χ1v) is 11.2. The highest BCUT2D eigenvalue weighted by atomic mass is 16.5. The molecule has 0 atom stereocenters. The first-order valence-electron chi connectivity index (χ1n) is 11.2. The third-order valence-corrected chi connectivity index (χ3v) is 5.82. The van der Waals surface area contributed by atoms with Crippen molar-refractivity contribution in [2.45, 2.75) is 20.8 Å². The fourth-order valence-corrected chi connectivity index (χ4v) is 3.66.